The molecule has 0 bridgehead atoms. The van der Waals surface area contributed by atoms with Crippen molar-refractivity contribution in [3.8, 4) is 0 Å². The van der Waals surface area contributed by atoms with Gasteiger partial charge in [-0.1, -0.05) is 12.1 Å². The summed E-state index contributed by atoms with van der Waals surface area (Å²) in [6.45, 7) is 0.144. The number of alkyl halides is 3. The van der Waals surface area contributed by atoms with Crippen molar-refractivity contribution in [2.45, 2.75) is 24.9 Å². The molecule has 0 spiro atoms. The Morgan fingerprint density at radius 2 is 1.97 bits per heavy atom. The number of carbonyl (C=O) groups is 1. The lowest BCUT2D eigenvalue weighted by Gasteiger charge is -2.22. The molecular weight excluding hydrogens is 413 g/mol. The van der Waals surface area contributed by atoms with Crippen molar-refractivity contribution < 1.29 is 36.2 Å². The standard InChI is InChI=1S/C19H18F5N3O3/c20-14-3-1-2-13(19(22,23)24)16(14)27-12-5-4-11(15(21)8-12)9-26-17(28)30-18(25)6-7-29-10-18/h1-5,8,27H,6-7,9-10,25H2,(H,26,28)/t18-/m0/s1. The van der Waals surface area contributed by atoms with Crippen molar-refractivity contribution in [2.24, 2.45) is 5.73 Å². The number of benzene rings is 2. The summed E-state index contributed by atoms with van der Waals surface area (Å²) in [6, 6.07) is 5.89. The van der Waals surface area contributed by atoms with Gasteiger partial charge >= 0.3 is 12.3 Å². The van der Waals surface area contributed by atoms with E-state index in [9.17, 15) is 26.7 Å². The molecule has 1 fully saturated rings. The number of hydrogen-bond acceptors (Lipinski definition) is 5. The van der Waals surface area contributed by atoms with Gasteiger partial charge in [-0.25, -0.2) is 13.6 Å². The van der Waals surface area contributed by atoms with Gasteiger partial charge in [-0.2, -0.15) is 13.2 Å². The predicted molar refractivity (Wildman–Crippen MR) is 96.8 cm³/mol. The van der Waals surface area contributed by atoms with Gasteiger partial charge in [0.25, 0.3) is 0 Å². The largest absolute Gasteiger partial charge is 0.425 e. The summed E-state index contributed by atoms with van der Waals surface area (Å²) >= 11 is 0. The third-order valence-corrected chi connectivity index (χ3v) is 4.38. The van der Waals surface area contributed by atoms with Gasteiger partial charge in [-0.3, -0.25) is 5.73 Å². The molecule has 2 aromatic carbocycles. The number of ether oxygens (including phenoxy) is 2. The molecule has 0 unspecified atom stereocenters. The number of para-hydroxylation sites is 1. The number of nitrogens with two attached hydrogens (primary N) is 1. The van der Waals surface area contributed by atoms with Crippen LogP contribution in [0.4, 0.5) is 38.1 Å². The van der Waals surface area contributed by atoms with E-state index in [0.717, 1.165) is 18.2 Å². The van der Waals surface area contributed by atoms with Gasteiger partial charge < -0.3 is 20.1 Å². The van der Waals surface area contributed by atoms with Crippen LogP contribution in [0.5, 0.6) is 0 Å². The Hall–Kier alpha value is -2.92. The number of anilines is 2. The Morgan fingerprint density at radius 3 is 2.60 bits per heavy atom. The third kappa shape index (κ3) is 5.16. The van der Waals surface area contributed by atoms with Crippen molar-refractivity contribution in [3.05, 3.63) is 59.2 Å². The van der Waals surface area contributed by atoms with Gasteiger partial charge in [-0.05, 0) is 24.3 Å². The lowest BCUT2D eigenvalue weighted by atomic mass is 10.1. The minimum Gasteiger partial charge on any atom is -0.425 e. The van der Waals surface area contributed by atoms with Crippen LogP contribution in [-0.2, 0) is 22.2 Å². The highest BCUT2D eigenvalue weighted by molar-refractivity contribution is 5.68. The van der Waals surface area contributed by atoms with Crippen molar-refractivity contribution in [1.82, 2.24) is 5.32 Å². The molecule has 4 N–H and O–H groups in total. The number of halogens is 5. The fourth-order valence-electron chi connectivity index (χ4n) is 2.83. The highest BCUT2D eigenvalue weighted by Crippen LogP contribution is 2.37. The molecule has 1 saturated heterocycles. The van der Waals surface area contributed by atoms with Crippen LogP contribution in [-0.4, -0.2) is 25.0 Å². The van der Waals surface area contributed by atoms with Crippen LogP contribution in [0.1, 0.15) is 17.5 Å². The van der Waals surface area contributed by atoms with Gasteiger partial charge in [0, 0.05) is 24.2 Å². The molecule has 162 valence electrons. The summed E-state index contributed by atoms with van der Waals surface area (Å²) in [6.07, 6.45) is -5.34. The van der Waals surface area contributed by atoms with Gasteiger partial charge in [0.1, 0.15) is 18.2 Å². The first-order valence-corrected chi connectivity index (χ1v) is 8.82. The lowest BCUT2D eigenvalue weighted by Crippen LogP contribution is -2.47. The molecule has 30 heavy (non-hydrogen) atoms. The Morgan fingerprint density at radius 1 is 1.20 bits per heavy atom. The lowest BCUT2D eigenvalue weighted by molar-refractivity contribution is -0.137. The summed E-state index contributed by atoms with van der Waals surface area (Å²) in [4.78, 5) is 11.8. The number of hydrogen-bond donors (Lipinski definition) is 3. The van der Waals surface area contributed by atoms with Crippen LogP contribution in [0.2, 0.25) is 0 Å². The van der Waals surface area contributed by atoms with E-state index in [1.54, 1.807) is 0 Å². The highest BCUT2D eigenvalue weighted by Gasteiger charge is 2.35. The molecule has 0 radical (unpaired) electrons. The summed E-state index contributed by atoms with van der Waals surface area (Å²) in [5.41, 5.74) is 2.47. The Bertz CT molecular complexity index is 930. The highest BCUT2D eigenvalue weighted by atomic mass is 19.4. The first kappa shape index (κ1) is 21.8. The second kappa shape index (κ2) is 8.44. The topological polar surface area (TPSA) is 85.6 Å². The minimum absolute atomic E-state index is 0.0378. The van der Waals surface area contributed by atoms with Crippen molar-refractivity contribution in [2.75, 3.05) is 18.5 Å². The molecule has 1 atom stereocenters. The third-order valence-electron chi connectivity index (χ3n) is 4.38. The summed E-state index contributed by atoms with van der Waals surface area (Å²) in [5.74, 6) is -1.96. The van der Waals surface area contributed by atoms with E-state index in [1.807, 2.05) is 0 Å². The number of alkyl carbamates (subject to hydrolysis) is 1. The molecule has 1 aliphatic heterocycles. The van der Waals surface area contributed by atoms with Gasteiger partial charge in [-0.15, -0.1) is 0 Å². The fraction of sp³-hybridized carbons (Fsp3) is 0.316. The van der Waals surface area contributed by atoms with E-state index in [-0.39, 0.29) is 24.4 Å². The maximum Gasteiger partial charge on any atom is 0.418 e. The van der Waals surface area contributed by atoms with Crippen LogP contribution in [0.3, 0.4) is 0 Å². The van der Waals surface area contributed by atoms with E-state index in [1.165, 1.54) is 12.1 Å². The smallest absolute Gasteiger partial charge is 0.418 e. The number of amides is 1. The Labute approximate surface area is 168 Å². The van der Waals surface area contributed by atoms with Gasteiger partial charge in [0.2, 0.25) is 0 Å². The second-order valence-corrected chi connectivity index (χ2v) is 6.70. The molecule has 0 aliphatic carbocycles. The average Bonchev–Trinajstić information content (AvgIpc) is 3.07. The van der Waals surface area contributed by atoms with Gasteiger partial charge in [0.15, 0.2) is 5.72 Å². The van der Waals surface area contributed by atoms with Crippen molar-refractivity contribution in [3.63, 3.8) is 0 Å². The summed E-state index contributed by atoms with van der Waals surface area (Å²) in [7, 11) is 0. The normalized spacial score (nSPS) is 18.9. The summed E-state index contributed by atoms with van der Waals surface area (Å²) < 4.78 is 77.6. The zero-order chi connectivity index (χ0) is 21.9. The Kier molecular flexibility index (Phi) is 6.13. The maximum atomic E-state index is 14.3. The fourth-order valence-corrected chi connectivity index (χ4v) is 2.83. The second-order valence-electron chi connectivity index (χ2n) is 6.70. The van der Waals surface area contributed by atoms with Crippen molar-refractivity contribution >= 4 is 17.5 Å². The molecular formula is C19H18F5N3O3. The molecule has 1 aliphatic rings. The molecule has 3 rings (SSSR count). The predicted octanol–water partition coefficient (Wildman–Crippen LogP) is 4.03. The van der Waals surface area contributed by atoms with Crippen molar-refractivity contribution in [1.29, 1.82) is 0 Å². The number of carbonyl (C=O) groups excluding carboxylic acids is 1. The van der Waals surface area contributed by atoms with E-state index >= 15 is 0 Å². The maximum absolute atomic E-state index is 14.3. The zero-order valence-electron chi connectivity index (χ0n) is 15.5. The van der Waals surface area contributed by atoms with Crippen LogP contribution in [0.15, 0.2) is 36.4 Å². The van der Waals surface area contributed by atoms with Crippen LogP contribution in [0, 0.1) is 11.6 Å². The van der Waals surface area contributed by atoms with E-state index in [0.29, 0.717) is 19.1 Å². The monoisotopic (exact) mass is 431 g/mol. The molecule has 2 aromatic rings. The number of rotatable bonds is 5. The van der Waals surface area contributed by atoms with Crippen LogP contribution < -0.4 is 16.4 Å². The quantitative estimate of drug-likeness (QED) is 0.492. The first-order chi connectivity index (χ1) is 14.1. The molecule has 0 aromatic heterocycles. The average molecular weight is 431 g/mol. The summed E-state index contributed by atoms with van der Waals surface area (Å²) in [5, 5.41) is 4.59. The van der Waals surface area contributed by atoms with E-state index in [2.05, 4.69) is 10.6 Å². The SMILES string of the molecule is N[C@]1(OC(=O)NCc2ccc(Nc3c(F)cccc3C(F)(F)F)cc2F)CCOC1. The van der Waals surface area contributed by atoms with E-state index < -0.39 is 40.9 Å². The molecule has 1 heterocycles. The van der Waals surface area contributed by atoms with Gasteiger partial charge in [0.05, 0.1) is 17.9 Å². The first-order valence-electron chi connectivity index (χ1n) is 8.82. The van der Waals surface area contributed by atoms with E-state index in [4.69, 9.17) is 15.2 Å². The minimum atomic E-state index is -4.79. The zero-order valence-corrected chi connectivity index (χ0v) is 15.5. The van der Waals surface area contributed by atoms with Crippen LogP contribution in [0.25, 0.3) is 0 Å². The Balaban J connectivity index is 1.67. The molecule has 11 heteroatoms. The molecule has 6 nitrogen and oxygen atoms in total. The number of nitrogens with one attached hydrogen (secondary N) is 2. The molecule has 1 amide bonds. The molecule has 0 saturated carbocycles. The van der Waals surface area contributed by atoms with Crippen LogP contribution >= 0.6 is 0 Å².